The Morgan fingerprint density at radius 2 is 1.90 bits per heavy atom. The van der Waals surface area contributed by atoms with E-state index in [2.05, 4.69) is 10.2 Å². The van der Waals surface area contributed by atoms with E-state index >= 15 is 0 Å². The van der Waals surface area contributed by atoms with Gasteiger partial charge in [0.1, 0.15) is 23.0 Å². The highest BCUT2D eigenvalue weighted by molar-refractivity contribution is 6.00. The zero-order valence-corrected chi connectivity index (χ0v) is 16.1. The van der Waals surface area contributed by atoms with Gasteiger partial charge in [-0.15, -0.1) is 0 Å². The number of carbonyl (C=O) groups is 1. The van der Waals surface area contributed by atoms with Gasteiger partial charge in [-0.1, -0.05) is 12.1 Å². The molecule has 5 rings (SSSR count). The third-order valence-corrected chi connectivity index (χ3v) is 5.32. The molecule has 7 heteroatoms. The lowest BCUT2D eigenvalue weighted by atomic mass is 9.96. The summed E-state index contributed by atoms with van der Waals surface area (Å²) in [5.74, 6) is 0.891. The van der Waals surface area contributed by atoms with E-state index in [-0.39, 0.29) is 11.7 Å². The lowest BCUT2D eigenvalue weighted by Crippen LogP contribution is -2.29. The molecule has 1 aliphatic rings. The van der Waals surface area contributed by atoms with Crippen molar-refractivity contribution < 1.29 is 18.3 Å². The molecule has 4 aromatic rings. The summed E-state index contributed by atoms with van der Waals surface area (Å²) in [7, 11) is 1.61. The minimum atomic E-state index is -0.422. The Labute approximate surface area is 171 Å². The second kappa shape index (κ2) is 7.18. The highest BCUT2D eigenvalue weighted by Crippen LogP contribution is 2.43. The number of rotatable bonds is 5. The third-order valence-electron chi connectivity index (χ3n) is 5.32. The standard InChI is InChI=1S/C23H18FN3O3/c1-29-17-10-6-14(7-11-17)20-19-21(26-25-20)23(28)27(13-18-3-2-12-30-18)22(19)15-4-8-16(24)9-5-15/h2-12,22H,13H2,1H3,(H,25,26). The molecule has 0 fully saturated rings. The number of aromatic nitrogens is 2. The number of nitrogens with zero attached hydrogens (tertiary/aromatic N) is 2. The van der Waals surface area contributed by atoms with Gasteiger partial charge in [-0.05, 0) is 54.1 Å². The van der Waals surface area contributed by atoms with Crippen LogP contribution < -0.4 is 4.74 Å². The van der Waals surface area contributed by atoms with Gasteiger partial charge in [0.05, 0.1) is 31.7 Å². The molecule has 1 unspecified atom stereocenters. The molecule has 150 valence electrons. The molecule has 3 heterocycles. The van der Waals surface area contributed by atoms with E-state index in [0.717, 1.165) is 22.4 Å². The summed E-state index contributed by atoms with van der Waals surface area (Å²) in [6.45, 7) is 0.290. The van der Waals surface area contributed by atoms with Gasteiger partial charge in [-0.3, -0.25) is 9.89 Å². The highest BCUT2D eigenvalue weighted by atomic mass is 19.1. The van der Waals surface area contributed by atoms with Crippen LogP contribution in [0.25, 0.3) is 11.3 Å². The Balaban J connectivity index is 1.63. The molecule has 1 aliphatic heterocycles. The minimum absolute atomic E-state index is 0.178. The first-order valence-electron chi connectivity index (χ1n) is 9.47. The summed E-state index contributed by atoms with van der Waals surface area (Å²) in [5.41, 5.74) is 3.53. The molecule has 1 N–H and O–H groups in total. The average molecular weight is 403 g/mol. The van der Waals surface area contributed by atoms with Gasteiger partial charge in [-0.2, -0.15) is 5.10 Å². The number of amides is 1. The zero-order valence-electron chi connectivity index (χ0n) is 16.1. The molecule has 0 radical (unpaired) electrons. The molecule has 0 aliphatic carbocycles. The quantitative estimate of drug-likeness (QED) is 0.530. The van der Waals surface area contributed by atoms with Crippen molar-refractivity contribution in [1.82, 2.24) is 15.1 Å². The Hall–Kier alpha value is -3.87. The van der Waals surface area contributed by atoms with Crippen molar-refractivity contribution in [1.29, 1.82) is 0 Å². The van der Waals surface area contributed by atoms with E-state index in [1.54, 1.807) is 36.5 Å². The van der Waals surface area contributed by atoms with E-state index in [9.17, 15) is 9.18 Å². The zero-order chi connectivity index (χ0) is 20.7. The molecule has 2 aromatic heterocycles. The van der Waals surface area contributed by atoms with Crippen LogP contribution in [0.5, 0.6) is 5.75 Å². The number of hydrogen-bond acceptors (Lipinski definition) is 4. The molecule has 1 amide bonds. The maximum atomic E-state index is 13.6. The fraction of sp³-hybridized carbons (Fsp3) is 0.130. The predicted molar refractivity (Wildman–Crippen MR) is 107 cm³/mol. The molecule has 0 spiro atoms. The van der Waals surface area contributed by atoms with Gasteiger partial charge < -0.3 is 14.1 Å². The number of methoxy groups -OCH3 is 1. The Bertz CT molecular complexity index is 1180. The number of aromatic amines is 1. The molecule has 2 aromatic carbocycles. The minimum Gasteiger partial charge on any atom is -0.497 e. The number of furan rings is 1. The van der Waals surface area contributed by atoms with Gasteiger partial charge >= 0.3 is 0 Å². The lowest BCUT2D eigenvalue weighted by molar-refractivity contribution is 0.0717. The fourth-order valence-electron chi connectivity index (χ4n) is 3.89. The van der Waals surface area contributed by atoms with Crippen LogP contribution in [0, 0.1) is 5.82 Å². The van der Waals surface area contributed by atoms with E-state index in [1.165, 1.54) is 12.1 Å². The van der Waals surface area contributed by atoms with Gasteiger partial charge in [0, 0.05) is 11.1 Å². The molecular formula is C23H18FN3O3. The van der Waals surface area contributed by atoms with Crippen LogP contribution in [0.4, 0.5) is 4.39 Å². The molecule has 6 nitrogen and oxygen atoms in total. The van der Waals surface area contributed by atoms with Crippen molar-refractivity contribution in [2.75, 3.05) is 7.11 Å². The lowest BCUT2D eigenvalue weighted by Gasteiger charge is -2.25. The summed E-state index contributed by atoms with van der Waals surface area (Å²) >= 11 is 0. The van der Waals surface area contributed by atoms with Crippen LogP contribution in [0.2, 0.25) is 0 Å². The molecule has 1 atom stereocenters. The van der Waals surface area contributed by atoms with Crippen LogP contribution in [0.1, 0.15) is 33.4 Å². The molecule has 0 saturated carbocycles. The predicted octanol–water partition coefficient (Wildman–Crippen LogP) is 4.56. The molecular weight excluding hydrogens is 385 g/mol. The number of benzene rings is 2. The van der Waals surface area contributed by atoms with E-state index in [4.69, 9.17) is 9.15 Å². The van der Waals surface area contributed by atoms with Gasteiger partial charge in [-0.25, -0.2) is 4.39 Å². The number of halogens is 1. The van der Waals surface area contributed by atoms with E-state index in [0.29, 0.717) is 23.7 Å². The first kappa shape index (κ1) is 18.2. The number of H-pyrrole nitrogens is 1. The summed E-state index contributed by atoms with van der Waals surface area (Å²) in [6, 6.07) is 16.9. The van der Waals surface area contributed by atoms with Crippen LogP contribution in [-0.2, 0) is 6.54 Å². The second-order valence-corrected chi connectivity index (χ2v) is 7.06. The maximum absolute atomic E-state index is 13.6. The molecule has 0 saturated heterocycles. The number of fused-ring (bicyclic) bond motifs is 1. The fourth-order valence-corrected chi connectivity index (χ4v) is 3.89. The van der Waals surface area contributed by atoms with Gasteiger partial charge in [0.15, 0.2) is 0 Å². The maximum Gasteiger partial charge on any atom is 0.273 e. The Morgan fingerprint density at radius 1 is 1.13 bits per heavy atom. The third kappa shape index (κ3) is 2.95. The summed E-state index contributed by atoms with van der Waals surface area (Å²) in [6.07, 6.45) is 1.58. The SMILES string of the molecule is COc1ccc(-c2n[nH]c3c2C(c2ccc(F)cc2)N(Cc2ccco2)C3=O)cc1. The normalized spacial score (nSPS) is 15.5. The van der Waals surface area contributed by atoms with Crippen molar-refractivity contribution in [2.45, 2.75) is 12.6 Å². The van der Waals surface area contributed by atoms with Crippen molar-refractivity contribution in [2.24, 2.45) is 0 Å². The molecule has 0 bridgehead atoms. The smallest absolute Gasteiger partial charge is 0.273 e. The number of carbonyl (C=O) groups excluding carboxylic acids is 1. The van der Waals surface area contributed by atoms with E-state index in [1.807, 2.05) is 30.3 Å². The second-order valence-electron chi connectivity index (χ2n) is 7.06. The Kier molecular flexibility index (Phi) is 4.35. The van der Waals surface area contributed by atoms with Crippen molar-refractivity contribution >= 4 is 5.91 Å². The first-order valence-corrected chi connectivity index (χ1v) is 9.47. The number of nitrogens with one attached hydrogen (secondary N) is 1. The summed E-state index contributed by atoms with van der Waals surface area (Å²) in [5, 5.41) is 7.33. The van der Waals surface area contributed by atoms with Crippen LogP contribution in [0.15, 0.2) is 71.3 Å². The highest BCUT2D eigenvalue weighted by Gasteiger charge is 2.42. The van der Waals surface area contributed by atoms with Crippen molar-refractivity contribution in [3.63, 3.8) is 0 Å². The number of ether oxygens (including phenoxy) is 1. The Morgan fingerprint density at radius 3 is 2.57 bits per heavy atom. The van der Waals surface area contributed by atoms with Gasteiger partial charge in [0.2, 0.25) is 0 Å². The molecule has 30 heavy (non-hydrogen) atoms. The topological polar surface area (TPSA) is 71.4 Å². The largest absolute Gasteiger partial charge is 0.497 e. The monoisotopic (exact) mass is 403 g/mol. The van der Waals surface area contributed by atoms with Crippen LogP contribution in [-0.4, -0.2) is 28.1 Å². The van der Waals surface area contributed by atoms with Crippen molar-refractivity contribution in [3.8, 4) is 17.0 Å². The first-order chi connectivity index (χ1) is 14.7. The average Bonchev–Trinajstić information content (AvgIpc) is 3.49. The number of hydrogen-bond donors (Lipinski definition) is 1. The van der Waals surface area contributed by atoms with Crippen molar-refractivity contribution in [3.05, 3.63) is 95.3 Å². The van der Waals surface area contributed by atoms with Crippen LogP contribution in [0.3, 0.4) is 0 Å². The summed E-state index contributed by atoms with van der Waals surface area (Å²) in [4.78, 5) is 14.9. The van der Waals surface area contributed by atoms with E-state index < -0.39 is 6.04 Å². The van der Waals surface area contributed by atoms with Gasteiger partial charge in [0.25, 0.3) is 5.91 Å². The van der Waals surface area contributed by atoms with Crippen LogP contribution >= 0.6 is 0 Å². The summed E-state index contributed by atoms with van der Waals surface area (Å²) < 4.78 is 24.3.